The Morgan fingerprint density at radius 3 is 2.28 bits per heavy atom. The van der Waals surface area contributed by atoms with Crippen molar-refractivity contribution in [1.82, 2.24) is 0 Å². The fraction of sp³-hybridized carbons (Fsp3) is 0.231. The first kappa shape index (κ1) is 13.8. The summed E-state index contributed by atoms with van der Waals surface area (Å²) in [6, 6.07) is 7.13. The van der Waals surface area contributed by atoms with Gasteiger partial charge in [0.25, 0.3) is 0 Å². The van der Waals surface area contributed by atoms with Crippen LogP contribution >= 0.6 is 0 Å². The number of carbonyl (C=O) groups is 2. The topological polar surface area (TPSA) is 83.8 Å². The molecule has 0 spiro atoms. The van der Waals surface area contributed by atoms with Gasteiger partial charge in [-0.1, -0.05) is 18.2 Å². The number of aliphatic carboxylic acids is 2. The van der Waals surface area contributed by atoms with Crippen molar-refractivity contribution in [3.8, 4) is 5.75 Å². The first-order valence-electron chi connectivity index (χ1n) is 5.30. The molecule has 0 saturated carbocycles. The van der Waals surface area contributed by atoms with E-state index >= 15 is 0 Å². The Balaban J connectivity index is 2.74. The Hall–Kier alpha value is -2.30. The van der Waals surface area contributed by atoms with Gasteiger partial charge < -0.3 is 14.9 Å². The molecule has 0 aliphatic heterocycles. The highest BCUT2D eigenvalue weighted by atomic mass is 16.5. The number of carboxylic acids is 2. The van der Waals surface area contributed by atoms with Gasteiger partial charge in [0.15, 0.2) is 0 Å². The molecule has 1 aromatic carbocycles. The molecule has 0 heterocycles. The molecular weight excluding hydrogens is 236 g/mol. The highest BCUT2D eigenvalue weighted by Crippen LogP contribution is 2.13. The summed E-state index contributed by atoms with van der Waals surface area (Å²) in [4.78, 5) is 21.3. The summed E-state index contributed by atoms with van der Waals surface area (Å²) in [7, 11) is 1.56. The smallest absolute Gasteiger partial charge is 0.331 e. The number of carboxylic acid groups (broad SMARTS) is 2. The maximum Gasteiger partial charge on any atom is 0.331 e. The maximum absolute atomic E-state index is 10.8. The first-order valence-corrected chi connectivity index (χ1v) is 5.30. The van der Waals surface area contributed by atoms with Gasteiger partial charge in [0.05, 0.1) is 13.5 Å². The normalized spacial score (nSPS) is 11.1. The van der Waals surface area contributed by atoms with E-state index < -0.39 is 18.4 Å². The van der Waals surface area contributed by atoms with Crippen molar-refractivity contribution in [2.24, 2.45) is 0 Å². The van der Waals surface area contributed by atoms with E-state index in [9.17, 15) is 9.59 Å². The van der Waals surface area contributed by atoms with Crippen LogP contribution in [0.1, 0.15) is 12.0 Å². The maximum atomic E-state index is 10.8. The van der Waals surface area contributed by atoms with Crippen LogP contribution in [0.4, 0.5) is 0 Å². The van der Waals surface area contributed by atoms with E-state index in [1.54, 1.807) is 31.4 Å². The standard InChI is InChI=1S/C13H14O5/c1-18-11-6-3-9(4-7-11)2-5-10(13(16)17)8-12(14)15/h3-7H,2,8H2,1H3,(H,14,15)(H,16,17). The third kappa shape index (κ3) is 4.29. The van der Waals surface area contributed by atoms with E-state index in [0.717, 1.165) is 5.56 Å². The number of benzene rings is 1. The Labute approximate surface area is 104 Å². The van der Waals surface area contributed by atoms with Gasteiger partial charge in [-0.15, -0.1) is 0 Å². The van der Waals surface area contributed by atoms with E-state index in [4.69, 9.17) is 14.9 Å². The molecular formula is C13H14O5. The van der Waals surface area contributed by atoms with Crippen LogP contribution in [0, 0.1) is 0 Å². The summed E-state index contributed by atoms with van der Waals surface area (Å²) >= 11 is 0. The van der Waals surface area contributed by atoms with Crippen LogP contribution in [-0.2, 0) is 16.0 Å². The van der Waals surface area contributed by atoms with E-state index in [2.05, 4.69) is 0 Å². The molecule has 96 valence electrons. The minimum atomic E-state index is -1.20. The minimum absolute atomic E-state index is 0.113. The Morgan fingerprint density at radius 1 is 1.22 bits per heavy atom. The molecule has 0 atom stereocenters. The van der Waals surface area contributed by atoms with Crippen LogP contribution < -0.4 is 4.74 Å². The van der Waals surface area contributed by atoms with Crippen molar-refractivity contribution in [2.45, 2.75) is 12.8 Å². The van der Waals surface area contributed by atoms with Gasteiger partial charge in [-0.2, -0.15) is 0 Å². The Bertz CT molecular complexity index is 459. The van der Waals surface area contributed by atoms with E-state index in [-0.39, 0.29) is 5.57 Å². The zero-order chi connectivity index (χ0) is 13.5. The molecule has 5 nitrogen and oxygen atoms in total. The molecule has 0 aliphatic rings. The molecule has 2 N–H and O–H groups in total. The highest BCUT2D eigenvalue weighted by Gasteiger charge is 2.11. The Morgan fingerprint density at radius 2 is 1.83 bits per heavy atom. The summed E-state index contributed by atoms with van der Waals surface area (Å²) in [5, 5.41) is 17.4. The number of ether oxygens (including phenoxy) is 1. The largest absolute Gasteiger partial charge is 0.497 e. The van der Waals surface area contributed by atoms with Gasteiger partial charge in [-0.3, -0.25) is 4.79 Å². The molecule has 0 saturated heterocycles. The zero-order valence-electron chi connectivity index (χ0n) is 9.92. The highest BCUT2D eigenvalue weighted by molar-refractivity contribution is 5.92. The summed E-state index contributed by atoms with van der Waals surface area (Å²) in [6.45, 7) is 0. The van der Waals surface area contributed by atoms with Gasteiger partial charge in [0.1, 0.15) is 5.75 Å². The molecule has 0 unspecified atom stereocenters. The Kier molecular flexibility index (Phi) is 4.92. The van der Waals surface area contributed by atoms with Crippen LogP contribution in [0.25, 0.3) is 0 Å². The summed E-state index contributed by atoms with van der Waals surface area (Å²) in [6.07, 6.45) is 1.31. The van der Waals surface area contributed by atoms with Gasteiger partial charge in [-0.05, 0) is 24.1 Å². The second-order valence-corrected chi connectivity index (χ2v) is 3.66. The summed E-state index contributed by atoms with van der Waals surface area (Å²) in [5.74, 6) is -1.64. The lowest BCUT2D eigenvalue weighted by Gasteiger charge is -2.02. The lowest BCUT2D eigenvalue weighted by molar-refractivity contribution is -0.139. The van der Waals surface area contributed by atoms with Crippen LogP contribution in [0.5, 0.6) is 5.75 Å². The van der Waals surface area contributed by atoms with Crippen molar-refractivity contribution in [3.63, 3.8) is 0 Å². The molecule has 18 heavy (non-hydrogen) atoms. The average molecular weight is 250 g/mol. The van der Waals surface area contributed by atoms with Crippen LogP contribution in [0.2, 0.25) is 0 Å². The van der Waals surface area contributed by atoms with E-state index in [1.165, 1.54) is 6.08 Å². The molecule has 5 heteroatoms. The van der Waals surface area contributed by atoms with Gasteiger partial charge in [0, 0.05) is 5.57 Å². The molecule has 0 aromatic heterocycles. The zero-order valence-corrected chi connectivity index (χ0v) is 9.92. The van der Waals surface area contributed by atoms with Crippen LogP contribution in [0.15, 0.2) is 35.9 Å². The number of hydrogen-bond acceptors (Lipinski definition) is 3. The van der Waals surface area contributed by atoms with Gasteiger partial charge in [0.2, 0.25) is 0 Å². The SMILES string of the molecule is COc1ccc(CC=C(CC(=O)O)C(=O)O)cc1. The van der Waals surface area contributed by atoms with Crippen LogP contribution in [-0.4, -0.2) is 29.3 Å². The summed E-state index contributed by atoms with van der Waals surface area (Å²) in [5.41, 5.74) is 0.776. The second kappa shape index (κ2) is 6.44. The second-order valence-electron chi connectivity index (χ2n) is 3.66. The predicted octanol–water partition coefficient (Wildman–Crippen LogP) is 1.72. The number of hydrogen-bond donors (Lipinski definition) is 2. The predicted molar refractivity (Wildman–Crippen MR) is 64.7 cm³/mol. The fourth-order valence-electron chi connectivity index (χ4n) is 1.40. The number of rotatable bonds is 6. The quantitative estimate of drug-likeness (QED) is 0.751. The average Bonchev–Trinajstić information content (AvgIpc) is 2.34. The number of allylic oxidation sites excluding steroid dienone is 1. The van der Waals surface area contributed by atoms with E-state index in [0.29, 0.717) is 12.2 Å². The lowest BCUT2D eigenvalue weighted by Crippen LogP contribution is -2.07. The van der Waals surface area contributed by atoms with E-state index in [1.807, 2.05) is 0 Å². The molecule has 0 amide bonds. The van der Waals surface area contributed by atoms with Crippen molar-refractivity contribution >= 4 is 11.9 Å². The van der Waals surface area contributed by atoms with Crippen molar-refractivity contribution < 1.29 is 24.5 Å². The van der Waals surface area contributed by atoms with Crippen LogP contribution in [0.3, 0.4) is 0 Å². The molecule has 0 fully saturated rings. The van der Waals surface area contributed by atoms with Gasteiger partial charge >= 0.3 is 11.9 Å². The molecule has 0 radical (unpaired) electrons. The number of methoxy groups -OCH3 is 1. The lowest BCUT2D eigenvalue weighted by atomic mass is 10.1. The third-order valence-corrected chi connectivity index (χ3v) is 2.36. The molecule has 0 bridgehead atoms. The monoisotopic (exact) mass is 250 g/mol. The van der Waals surface area contributed by atoms with Crippen molar-refractivity contribution in [2.75, 3.05) is 7.11 Å². The fourth-order valence-corrected chi connectivity index (χ4v) is 1.40. The third-order valence-electron chi connectivity index (χ3n) is 2.36. The minimum Gasteiger partial charge on any atom is -0.497 e. The summed E-state index contributed by atoms with van der Waals surface area (Å²) < 4.78 is 5.00. The molecule has 1 aromatic rings. The molecule has 0 aliphatic carbocycles. The van der Waals surface area contributed by atoms with Crippen molar-refractivity contribution in [1.29, 1.82) is 0 Å². The first-order chi connectivity index (χ1) is 8.52. The van der Waals surface area contributed by atoms with Gasteiger partial charge in [-0.25, -0.2) is 4.79 Å². The van der Waals surface area contributed by atoms with Crippen molar-refractivity contribution in [3.05, 3.63) is 41.5 Å². The molecule has 1 rings (SSSR count).